The van der Waals surface area contributed by atoms with Crippen molar-refractivity contribution < 1.29 is 5.48 Å². The highest BCUT2D eigenvalue weighted by molar-refractivity contribution is 5.94. The summed E-state index contributed by atoms with van der Waals surface area (Å²) < 4.78 is 0. The van der Waals surface area contributed by atoms with Gasteiger partial charge in [0, 0.05) is 37.3 Å². The van der Waals surface area contributed by atoms with Crippen LogP contribution in [0.2, 0.25) is 0 Å². The Kier molecular flexibility index (Phi) is 3.61. The number of nitrogens with one attached hydrogen (secondary N) is 1. The SMILES string of the molecule is O.c1ccc2c(N3CCNCC3)cccc2c1. The van der Waals surface area contributed by atoms with Gasteiger partial charge >= 0.3 is 0 Å². The first kappa shape index (κ1) is 11.9. The molecule has 0 amide bonds. The van der Waals surface area contributed by atoms with E-state index < -0.39 is 0 Å². The first-order valence-corrected chi connectivity index (χ1v) is 5.88. The van der Waals surface area contributed by atoms with Gasteiger partial charge in [-0.05, 0) is 11.5 Å². The Balaban J connectivity index is 0.00000108. The van der Waals surface area contributed by atoms with Crippen LogP contribution in [0.1, 0.15) is 0 Å². The molecule has 0 unspecified atom stereocenters. The fourth-order valence-electron chi connectivity index (χ4n) is 2.39. The summed E-state index contributed by atoms with van der Waals surface area (Å²) in [6, 6.07) is 15.2. The minimum absolute atomic E-state index is 0. The molecule has 0 aliphatic carbocycles. The molecule has 0 bridgehead atoms. The summed E-state index contributed by atoms with van der Waals surface area (Å²) in [5.41, 5.74) is 1.37. The molecule has 90 valence electrons. The summed E-state index contributed by atoms with van der Waals surface area (Å²) in [5.74, 6) is 0. The summed E-state index contributed by atoms with van der Waals surface area (Å²) >= 11 is 0. The Morgan fingerprint density at radius 2 is 1.59 bits per heavy atom. The van der Waals surface area contributed by atoms with Gasteiger partial charge in [-0.3, -0.25) is 0 Å². The van der Waals surface area contributed by atoms with Gasteiger partial charge in [0.15, 0.2) is 0 Å². The molecule has 2 aromatic rings. The summed E-state index contributed by atoms with van der Waals surface area (Å²) in [5, 5.41) is 6.09. The van der Waals surface area contributed by atoms with E-state index in [4.69, 9.17) is 0 Å². The first-order valence-electron chi connectivity index (χ1n) is 5.88. The van der Waals surface area contributed by atoms with Gasteiger partial charge in [-0.25, -0.2) is 0 Å². The topological polar surface area (TPSA) is 46.8 Å². The predicted molar refractivity (Wildman–Crippen MR) is 72.6 cm³/mol. The minimum Gasteiger partial charge on any atom is -0.412 e. The number of benzene rings is 2. The molecular weight excluding hydrogens is 212 g/mol. The van der Waals surface area contributed by atoms with Crippen molar-refractivity contribution in [1.82, 2.24) is 5.32 Å². The highest BCUT2D eigenvalue weighted by Gasteiger charge is 2.12. The molecule has 17 heavy (non-hydrogen) atoms. The van der Waals surface area contributed by atoms with Crippen LogP contribution >= 0.6 is 0 Å². The quantitative estimate of drug-likeness (QED) is 0.805. The third-order valence-corrected chi connectivity index (χ3v) is 3.22. The summed E-state index contributed by atoms with van der Waals surface area (Å²) in [7, 11) is 0. The zero-order valence-corrected chi connectivity index (χ0v) is 9.82. The van der Waals surface area contributed by atoms with E-state index in [0.29, 0.717) is 0 Å². The van der Waals surface area contributed by atoms with Crippen molar-refractivity contribution in [2.24, 2.45) is 0 Å². The van der Waals surface area contributed by atoms with Gasteiger partial charge in [-0.2, -0.15) is 0 Å². The van der Waals surface area contributed by atoms with E-state index in [9.17, 15) is 0 Å². The molecule has 0 saturated carbocycles. The maximum atomic E-state index is 3.39. The van der Waals surface area contributed by atoms with E-state index in [1.165, 1.54) is 16.5 Å². The van der Waals surface area contributed by atoms with E-state index in [0.717, 1.165) is 26.2 Å². The molecule has 0 spiro atoms. The largest absolute Gasteiger partial charge is 0.412 e. The average molecular weight is 230 g/mol. The Labute approximate surface area is 101 Å². The van der Waals surface area contributed by atoms with Crippen molar-refractivity contribution in [1.29, 1.82) is 0 Å². The van der Waals surface area contributed by atoms with Gasteiger partial charge in [-0.15, -0.1) is 0 Å². The highest BCUT2D eigenvalue weighted by Crippen LogP contribution is 2.26. The Bertz CT molecular complexity index is 487. The van der Waals surface area contributed by atoms with E-state index in [1.807, 2.05) is 0 Å². The average Bonchev–Trinajstić information content (AvgIpc) is 2.39. The molecule has 0 atom stereocenters. The van der Waals surface area contributed by atoms with Crippen molar-refractivity contribution in [2.75, 3.05) is 31.1 Å². The van der Waals surface area contributed by atoms with Crippen molar-refractivity contribution in [3.05, 3.63) is 42.5 Å². The molecule has 0 aromatic heterocycles. The van der Waals surface area contributed by atoms with E-state index >= 15 is 0 Å². The van der Waals surface area contributed by atoms with Gasteiger partial charge in [0.1, 0.15) is 0 Å². The molecule has 1 heterocycles. The van der Waals surface area contributed by atoms with E-state index in [-0.39, 0.29) is 5.48 Å². The lowest BCUT2D eigenvalue weighted by molar-refractivity contribution is 0.590. The first-order chi connectivity index (χ1) is 7.95. The Morgan fingerprint density at radius 3 is 2.41 bits per heavy atom. The molecule has 2 aromatic carbocycles. The molecule has 0 radical (unpaired) electrons. The van der Waals surface area contributed by atoms with Crippen LogP contribution in [-0.4, -0.2) is 31.7 Å². The standard InChI is InChI=1S/C14H16N2.H2O/c1-2-6-13-12(4-1)5-3-7-14(13)16-10-8-15-9-11-16;/h1-7,15H,8-11H2;1H2. The summed E-state index contributed by atoms with van der Waals surface area (Å²) in [6.07, 6.45) is 0. The number of anilines is 1. The molecule has 3 heteroatoms. The number of nitrogens with zero attached hydrogens (tertiary/aromatic N) is 1. The van der Waals surface area contributed by atoms with Crippen LogP contribution < -0.4 is 10.2 Å². The molecule has 1 aliphatic rings. The highest BCUT2D eigenvalue weighted by atomic mass is 16.0. The lowest BCUT2D eigenvalue weighted by Crippen LogP contribution is -2.43. The molecule has 3 rings (SSSR count). The number of hydrogen-bond acceptors (Lipinski definition) is 2. The van der Waals surface area contributed by atoms with Crippen LogP contribution in [0, 0.1) is 0 Å². The third-order valence-electron chi connectivity index (χ3n) is 3.22. The van der Waals surface area contributed by atoms with Crippen molar-refractivity contribution in [2.45, 2.75) is 0 Å². The van der Waals surface area contributed by atoms with Crippen molar-refractivity contribution >= 4 is 16.5 Å². The fraction of sp³-hybridized carbons (Fsp3) is 0.286. The monoisotopic (exact) mass is 230 g/mol. The number of piperazine rings is 1. The van der Waals surface area contributed by atoms with Crippen LogP contribution in [0.5, 0.6) is 0 Å². The van der Waals surface area contributed by atoms with Gasteiger partial charge in [-0.1, -0.05) is 36.4 Å². The van der Waals surface area contributed by atoms with Crippen LogP contribution in [0.4, 0.5) is 5.69 Å². The van der Waals surface area contributed by atoms with Gasteiger partial charge < -0.3 is 15.7 Å². The zero-order valence-electron chi connectivity index (χ0n) is 9.82. The third kappa shape index (κ3) is 2.25. The summed E-state index contributed by atoms with van der Waals surface area (Å²) in [4.78, 5) is 2.47. The predicted octanol–water partition coefficient (Wildman–Crippen LogP) is 1.42. The summed E-state index contributed by atoms with van der Waals surface area (Å²) in [6.45, 7) is 4.38. The van der Waals surface area contributed by atoms with Gasteiger partial charge in [0.2, 0.25) is 0 Å². The van der Waals surface area contributed by atoms with Gasteiger partial charge in [0.25, 0.3) is 0 Å². The molecular formula is C14H18N2O. The lowest BCUT2D eigenvalue weighted by atomic mass is 10.1. The maximum absolute atomic E-state index is 3.39. The maximum Gasteiger partial charge on any atom is 0.0446 e. The molecule has 1 aliphatic heterocycles. The Morgan fingerprint density at radius 1 is 0.882 bits per heavy atom. The lowest BCUT2D eigenvalue weighted by Gasteiger charge is -2.30. The van der Waals surface area contributed by atoms with Gasteiger partial charge in [0.05, 0.1) is 0 Å². The molecule has 3 N–H and O–H groups in total. The number of hydrogen-bond donors (Lipinski definition) is 1. The van der Waals surface area contributed by atoms with Crippen LogP contribution in [0.3, 0.4) is 0 Å². The molecule has 3 nitrogen and oxygen atoms in total. The van der Waals surface area contributed by atoms with Crippen LogP contribution in [-0.2, 0) is 0 Å². The van der Waals surface area contributed by atoms with E-state index in [1.54, 1.807) is 0 Å². The van der Waals surface area contributed by atoms with Crippen LogP contribution in [0.25, 0.3) is 10.8 Å². The fourth-order valence-corrected chi connectivity index (χ4v) is 2.39. The zero-order chi connectivity index (χ0) is 10.8. The van der Waals surface area contributed by atoms with Crippen molar-refractivity contribution in [3.63, 3.8) is 0 Å². The minimum atomic E-state index is 0. The normalized spacial score (nSPS) is 15.6. The van der Waals surface area contributed by atoms with E-state index in [2.05, 4.69) is 52.7 Å². The van der Waals surface area contributed by atoms with Crippen LogP contribution in [0.15, 0.2) is 42.5 Å². The second-order valence-corrected chi connectivity index (χ2v) is 4.24. The smallest absolute Gasteiger partial charge is 0.0446 e. The molecule has 1 saturated heterocycles. The number of fused-ring (bicyclic) bond motifs is 1. The second kappa shape index (κ2) is 5.17. The Hall–Kier alpha value is -1.58. The second-order valence-electron chi connectivity index (χ2n) is 4.24. The van der Waals surface area contributed by atoms with Crippen molar-refractivity contribution in [3.8, 4) is 0 Å². The molecule has 1 fully saturated rings. The number of rotatable bonds is 1.